The van der Waals surface area contributed by atoms with E-state index in [9.17, 15) is 13.2 Å². The van der Waals surface area contributed by atoms with Gasteiger partial charge < -0.3 is 5.11 Å². The van der Waals surface area contributed by atoms with Crippen LogP contribution >= 0.6 is 0 Å². The first-order valence-electron chi connectivity index (χ1n) is 5.41. The van der Waals surface area contributed by atoms with Gasteiger partial charge in [-0.3, -0.25) is 4.72 Å². The number of hydrogen-bond acceptors (Lipinski definition) is 3. The van der Waals surface area contributed by atoms with Crippen LogP contribution in [0.3, 0.4) is 0 Å². The number of anilines is 1. The quantitative estimate of drug-likeness (QED) is 0.883. The lowest BCUT2D eigenvalue weighted by atomic mass is 10.1. The Hall–Kier alpha value is -1.56. The molecule has 100 valence electrons. The summed E-state index contributed by atoms with van der Waals surface area (Å²) in [6.07, 6.45) is 0. The molecule has 0 saturated carbocycles. The highest BCUT2D eigenvalue weighted by molar-refractivity contribution is 7.94. The molecule has 0 aliphatic carbocycles. The summed E-state index contributed by atoms with van der Waals surface area (Å²) in [5.41, 5.74) is 1.04. The van der Waals surface area contributed by atoms with Crippen LogP contribution in [0.5, 0.6) is 0 Å². The van der Waals surface area contributed by atoms with E-state index in [2.05, 4.69) is 4.72 Å². The van der Waals surface area contributed by atoms with Crippen LogP contribution in [0, 0.1) is 6.92 Å². The van der Waals surface area contributed by atoms with Crippen molar-refractivity contribution < 1.29 is 18.3 Å². The number of rotatable bonds is 3. The number of nitrogens with one attached hydrogen (secondary N) is 1. The second-order valence-electron chi connectivity index (χ2n) is 5.05. The normalized spacial score (nSPS) is 12.2. The predicted molar refractivity (Wildman–Crippen MR) is 70.4 cm³/mol. The Morgan fingerprint density at radius 1 is 1.28 bits per heavy atom. The van der Waals surface area contributed by atoms with Crippen LogP contribution in [0.1, 0.15) is 36.7 Å². The van der Waals surface area contributed by atoms with E-state index in [1.54, 1.807) is 27.7 Å². The maximum atomic E-state index is 11.9. The number of carboxylic acid groups (broad SMARTS) is 1. The minimum atomic E-state index is -3.50. The highest BCUT2D eigenvalue weighted by atomic mass is 32.2. The highest BCUT2D eigenvalue weighted by Gasteiger charge is 2.28. The summed E-state index contributed by atoms with van der Waals surface area (Å²) >= 11 is 0. The van der Waals surface area contributed by atoms with Crippen molar-refractivity contribution in [3.8, 4) is 0 Å². The molecule has 0 aliphatic rings. The summed E-state index contributed by atoms with van der Waals surface area (Å²) in [6.45, 7) is 6.40. The summed E-state index contributed by atoms with van der Waals surface area (Å²) in [5.74, 6) is -1.03. The van der Waals surface area contributed by atoms with Crippen LogP contribution < -0.4 is 4.72 Å². The van der Waals surface area contributed by atoms with E-state index in [0.29, 0.717) is 11.3 Å². The summed E-state index contributed by atoms with van der Waals surface area (Å²) in [7, 11) is -3.50. The van der Waals surface area contributed by atoms with Crippen molar-refractivity contribution in [3.05, 3.63) is 29.3 Å². The summed E-state index contributed by atoms with van der Waals surface area (Å²) in [4.78, 5) is 10.8. The molecule has 2 N–H and O–H groups in total. The SMILES string of the molecule is Cc1cc(NS(=O)(=O)C(C)(C)C)ccc1C(=O)O. The van der Waals surface area contributed by atoms with Crippen LogP contribution in [0.15, 0.2) is 18.2 Å². The van der Waals surface area contributed by atoms with Gasteiger partial charge in [0.2, 0.25) is 10.0 Å². The molecule has 5 nitrogen and oxygen atoms in total. The number of sulfonamides is 1. The third-order valence-electron chi connectivity index (χ3n) is 2.52. The minimum absolute atomic E-state index is 0.161. The van der Waals surface area contributed by atoms with Gasteiger partial charge in [0.1, 0.15) is 0 Å². The van der Waals surface area contributed by atoms with Gasteiger partial charge in [0, 0.05) is 5.69 Å². The van der Waals surface area contributed by atoms with Gasteiger partial charge in [0.25, 0.3) is 0 Å². The molecule has 0 atom stereocenters. The first-order valence-corrected chi connectivity index (χ1v) is 6.89. The molecule has 0 bridgehead atoms. The molecule has 0 saturated heterocycles. The molecular weight excluding hydrogens is 254 g/mol. The minimum Gasteiger partial charge on any atom is -0.478 e. The Balaban J connectivity index is 3.09. The monoisotopic (exact) mass is 271 g/mol. The van der Waals surface area contributed by atoms with Crippen LogP contribution in [0.4, 0.5) is 5.69 Å². The lowest BCUT2D eigenvalue weighted by Crippen LogP contribution is -2.33. The van der Waals surface area contributed by atoms with Gasteiger partial charge in [-0.25, -0.2) is 13.2 Å². The van der Waals surface area contributed by atoms with E-state index in [1.165, 1.54) is 18.2 Å². The van der Waals surface area contributed by atoms with E-state index in [0.717, 1.165) is 0 Å². The van der Waals surface area contributed by atoms with Gasteiger partial charge in [-0.2, -0.15) is 0 Å². The first-order chi connectivity index (χ1) is 8.04. The Morgan fingerprint density at radius 3 is 2.22 bits per heavy atom. The Bertz CT molecular complexity index is 570. The fourth-order valence-corrected chi connectivity index (χ4v) is 2.02. The molecule has 6 heteroatoms. The molecule has 0 fully saturated rings. The van der Waals surface area contributed by atoms with Crippen molar-refractivity contribution in [2.24, 2.45) is 0 Å². The van der Waals surface area contributed by atoms with E-state index in [1.807, 2.05) is 0 Å². The number of carbonyl (C=O) groups is 1. The molecule has 0 aromatic heterocycles. The fourth-order valence-electron chi connectivity index (χ4n) is 1.28. The van der Waals surface area contributed by atoms with Gasteiger partial charge in [-0.05, 0) is 51.5 Å². The Morgan fingerprint density at radius 2 is 1.83 bits per heavy atom. The van der Waals surface area contributed by atoms with Gasteiger partial charge in [-0.1, -0.05) is 0 Å². The predicted octanol–water partition coefficient (Wildman–Crippen LogP) is 2.23. The first kappa shape index (κ1) is 14.5. The molecule has 0 amide bonds. The number of aromatic carboxylic acids is 1. The third-order valence-corrected chi connectivity index (χ3v) is 4.63. The molecule has 1 aromatic rings. The Labute approximate surface area is 107 Å². The average Bonchev–Trinajstić information content (AvgIpc) is 2.14. The van der Waals surface area contributed by atoms with E-state index in [4.69, 9.17) is 5.11 Å². The van der Waals surface area contributed by atoms with Gasteiger partial charge in [0.15, 0.2) is 0 Å². The highest BCUT2D eigenvalue weighted by Crippen LogP contribution is 2.21. The maximum absolute atomic E-state index is 11.9. The molecule has 0 heterocycles. The number of hydrogen-bond donors (Lipinski definition) is 2. The number of aryl methyl sites for hydroxylation is 1. The maximum Gasteiger partial charge on any atom is 0.335 e. The number of carboxylic acids is 1. The van der Waals surface area contributed by atoms with Crippen LogP contribution in [0.2, 0.25) is 0 Å². The van der Waals surface area contributed by atoms with Gasteiger partial charge >= 0.3 is 5.97 Å². The summed E-state index contributed by atoms with van der Waals surface area (Å²) in [6, 6.07) is 4.34. The van der Waals surface area contributed by atoms with E-state index in [-0.39, 0.29) is 5.56 Å². The van der Waals surface area contributed by atoms with Gasteiger partial charge in [0.05, 0.1) is 10.3 Å². The van der Waals surface area contributed by atoms with E-state index >= 15 is 0 Å². The second kappa shape index (κ2) is 4.61. The largest absolute Gasteiger partial charge is 0.478 e. The van der Waals surface area contributed by atoms with Crippen molar-refractivity contribution in [1.29, 1.82) is 0 Å². The summed E-state index contributed by atoms with van der Waals surface area (Å²) < 4.78 is 25.4. The molecule has 18 heavy (non-hydrogen) atoms. The van der Waals surface area contributed by atoms with Crippen molar-refractivity contribution >= 4 is 21.7 Å². The molecule has 1 rings (SSSR count). The molecule has 1 aromatic carbocycles. The van der Waals surface area contributed by atoms with Crippen molar-refractivity contribution in [1.82, 2.24) is 0 Å². The van der Waals surface area contributed by atoms with Gasteiger partial charge in [-0.15, -0.1) is 0 Å². The van der Waals surface area contributed by atoms with E-state index < -0.39 is 20.7 Å². The molecule has 0 aliphatic heterocycles. The van der Waals surface area contributed by atoms with Crippen LogP contribution in [-0.4, -0.2) is 24.2 Å². The van der Waals surface area contributed by atoms with Crippen LogP contribution in [-0.2, 0) is 10.0 Å². The van der Waals surface area contributed by atoms with Crippen LogP contribution in [0.25, 0.3) is 0 Å². The zero-order chi connectivity index (χ0) is 14.1. The fraction of sp³-hybridized carbons (Fsp3) is 0.417. The molecular formula is C12H17NO4S. The summed E-state index contributed by atoms with van der Waals surface area (Å²) in [5, 5.41) is 8.88. The zero-order valence-electron chi connectivity index (χ0n) is 10.8. The lowest BCUT2D eigenvalue weighted by molar-refractivity contribution is 0.0696. The zero-order valence-corrected chi connectivity index (χ0v) is 11.6. The van der Waals surface area contributed by atoms with Crippen molar-refractivity contribution in [2.75, 3.05) is 4.72 Å². The topological polar surface area (TPSA) is 83.5 Å². The molecule has 0 unspecified atom stereocenters. The molecule has 0 radical (unpaired) electrons. The average molecular weight is 271 g/mol. The Kier molecular flexibility index (Phi) is 3.71. The smallest absolute Gasteiger partial charge is 0.335 e. The van der Waals surface area contributed by atoms with Crippen molar-refractivity contribution in [2.45, 2.75) is 32.4 Å². The third kappa shape index (κ3) is 3.01. The van der Waals surface area contributed by atoms with Crippen molar-refractivity contribution in [3.63, 3.8) is 0 Å². The molecule has 0 spiro atoms. The standard InChI is InChI=1S/C12H17NO4S/c1-8-7-9(5-6-10(8)11(14)15)13-18(16,17)12(2,3)4/h5-7,13H,1-4H3,(H,14,15). The number of benzene rings is 1. The lowest BCUT2D eigenvalue weighted by Gasteiger charge is -2.20. The second-order valence-corrected chi connectivity index (χ2v) is 7.49.